The maximum absolute atomic E-state index is 6.12. The lowest BCUT2D eigenvalue weighted by Crippen LogP contribution is -2.19. The maximum atomic E-state index is 6.12. The highest BCUT2D eigenvalue weighted by molar-refractivity contribution is 7.15. The standard InChI is InChI=1S/C14H15Cl2N3S/c15-10-3-4-13(19-5-1-2-6-19)12(7-10)17-8-11-9-18-14(16)20-11/h3-4,7,9,17H,1-2,5-6,8H2. The van der Waals surface area contributed by atoms with E-state index in [2.05, 4.69) is 21.3 Å². The van der Waals surface area contributed by atoms with Gasteiger partial charge in [-0.2, -0.15) is 0 Å². The Labute approximate surface area is 132 Å². The molecule has 1 aliphatic heterocycles. The van der Waals surface area contributed by atoms with E-state index in [0.29, 0.717) is 11.0 Å². The van der Waals surface area contributed by atoms with Gasteiger partial charge in [-0.05, 0) is 31.0 Å². The van der Waals surface area contributed by atoms with Crippen LogP contribution in [0, 0.1) is 0 Å². The first-order valence-corrected chi connectivity index (χ1v) is 8.18. The van der Waals surface area contributed by atoms with Crippen molar-refractivity contribution in [1.29, 1.82) is 0 Å². The Balaban J connectivity index is 1.78. The van der Waals surface area contributed by atoms with E-state index in [0.717, 1.165) is 28.7 Å². The molecule has 0 saturated carbocycles. The molecular formula is C14H15Cl2N3S. The van der Waals surface area contributed by atoms with Gasteiger partial charge in [0.25, 0.3) is 0 Å². The van der Waals surface area contributed by atoms with E-state index < -0.39 is 0 Å². The third kappa shape index (κ3) is 3.19. The average Bonchev–Trinajstić information content (AvgIpc) is 3.08. The molecule has 2 aromatic rings. The molecule has 6 heteroatoms. The fourth-order valence-corrected chi connectivity index (χ4v) is 3.52. The monoisotopic (exact) mass is 327 g/mol. The van der Waals surface area contributed by atoms with Crippen molar-refractivity contribution in [1.82, 2.24) is 4.98 Å². The Morgan fingerprint density at radius 2 is 2.05 bits per heavy atom. The van der Waals surface area contributed by atoms with Crippen molar-refractivity contribution in [2.75, 3.05) is 23.3 Å². The first-order chi connectivity index (χ1) is 9.72. The van der Waals surface area contributed by atoms with Gasteiger partial charge in [0.2, 0.25) is 0 Å². The lowest BCUT2D eigenvalue weighted by atomic mass is 10.2. The zero-order valence-corrected chi connectivity index (χ0v) is 13.2. The Morgan fingerprint density at radius 3 is 2.75 bits per heavy atom. The molecule has 3 rings (SSSR count). The molecule has 0 unspecified atom stereocenters. The van der Waals surface area contributed by atoms with Crippen LogP contribution in [0.2, 0.25) is 9.49 Å². The topological polar surface area (TPSA) is 28.2 Å². The second-order valence-corrected chi connectivity index (χ2v) is 6.92. The van der Waals surface area contributed by atoms with E-state index in [-0.39, 0.29) is 0 Å². The van der Waals surface area contributed by atoms with E-state index in [1.54, 1.807) is 6.20 Å². The van der Waals surface area contributed by atoms with Crippen molar-refractivity contribution in [3.8, 4) is 0 Å². The van der Waals surface area contributed by atoms with E-state index in [9.17, 15) is 0 Å². The number of halogens is 2. The molecule has 0 bridgehead atoms. The van der Waals surface area contributed by atoms with E-state index in [4.69, 9.17) is 23.2 Å². The van der Waals surface area contributed by atoms with Crippen molar-refractivity contribution < 1.29 is 0 Å². The molecule has 1 aromatic heterocycles. The highest BCUT2D eigenvalue weighted by Gasteiger charge is 2.16. The molecule has 0 amide bonds. The number of hydrogen-bond acceptors (Lipinski definition) is 4. The molecule has 1 aromatic carbocycles. The van der Waals surface area contributed by atoms with Gasteiger partial charge in [0.15, 0.2) is 4.47 Å². The summed E-state index contributed by atoms with van der Waals surface area (Å²) in [5, 5.41) is 4.19. The minimum absolute atomic E-state index is 0.577. The number of aromatic nitrogens is 1. The Morgan fingerprint density at radius 1 is 1.25 bits per heavy atom. The average molecular weight is 328 g/mol. The maximum Gasteiger partial charge on any atom is 0.183 e. The van der Waals surface area contributed by atoms with Crippen molar-refractivity contribution >= 4 is 45.9 Å². The molecule has 3 nitrogen and oxygen atoms in total. The van der Waals surface area contributed by atoms with Crippen LogP contribution in [0.1, 0.15) is 17.7 Å². The van der Waals surface area contributed by atoms with Gasteiger partial charge >= 0.3 is 0 Å². The van der Waals surface area contributed by atoms with Crippen LogP contribution in [-0.4, -0.2) is 18.1 Å². The molecule has 0 atom stereocenters. The summed E-state index contributed by atoms with van der Waals surface area (Å²) in [5.74, 6) is 0. The third-order valence-corrected chi connectivity index (χ3v) is 4.73. The SMILES string of the molecule is Clc1ccc(N2CCCC2)c(NCc2cnc(Cl)s2)c1. The van der Waals surface area contributed by atoms with E-state index in [1.165, 1.54) is 29.9 Å². The number of thiazole rings is 1. The molecule has 106 valence electrons. The van der Waals surface area contributed by atoms with Crippen LogP contribution in [0.3, 0.4) is 0 Å². The quantitative estimate of drug-likeness (QED) is 0.884. The van der Waals surface area contributed by atoms with Crippen molar-refractivity contribution in [2.24, 2.45) is 0 Å². The van der Waals surface area contributed by atoms with Gasteiger partial charge in [-0.25, -0.2) is 4.98 Å². The summed E-state index contributed by atoms with van der Waals surface area (Å²) in [6, 6.07) is 6.03. The molecule has 2 heterocycles. The minimum Gasteiger partial charge on any atom is -0.378 e. The van der Waals surface area contributed by atoms with Crippen LogP contribution in [0.15, 0.2) is 24.4 Å². The third-order valence-electron chi connectivity index (χ3n) is 3.38. The van der Waals surface area contributed by atoms with Crippen molar-refractivity contribution in [3.63, 3.8) is 0 Å². The summed E-state index contributed by atoms with van der Waals surface area (Å²) in [5.41, 5.74) is 2.30. The van der Waals surface area contributed by atoms with Crippen LogP contribution in [0.5, 0.6) is 0 Å². The molecular weight excluding hydrogens is 313 g/mol. The molecule has 1 saturated heterocycles. The van der Waals surface area contributed by atoms with Crippen LogP contribution in [-0.2, 0) is 6.54 Å². The predicted octanol–water partition coefficient (Wildman–Crippen LogP) is 4.66. The smallest absolute Gasteiger partial charge is 0.183 e. The fourth-order valence-electron chi connectivity index (χ4n) is 2.43. The molecule has 0 aliphatic carbocycles. The number of hydrogen-bond donors (Lipinski definition) is 1. The Kier molecular flexibility index (Phi) is 4.34. The molecule has 0 spiro atoms. The zero-order chi connectivity index (χ0) is 13.9. The zero-order valence-electron chi connectivity index (χ0n) is 10.9. The van der Waals surface area contributed by atoms with Gasteiger partial charge in [-0.3, -0.25) is 0 Å². The van der Waals surface area contributed by atoms with Crippen molar-refractivity contribution in [3.05, 3.63) is 38.8 Å². The van der Waals surface area contributed by atoms with E-state index >= 15 is 0 Å². The number of rotatable bonds is 4. The Bertz CT molecular complexity index is 594. The summed E-state index contributed by atoms with van der Waals surface area (Å²) >= 11 is 13.5. The van der Waals surface area contributed by atoms with Crippen molar-refractivity contribution in [2.45, 2.75) is 19.4 Å². The fraction of sp³-hybridized carbons (Fsp3) is 0.357. The lowest BCUT2D eigenvalue weighted by molar-refractivity contribution is 0.949. The van der Waals surface area contributed by atoms with Gasteiger partial charge in [0.05, 0.1) is 17.9 Å². The summed E-state index contributed by atoms with van der Waals surface area (Å²) in [6.45, 7) is 2.94. The van der Waals surface area contributed by atoms with Gasteiger partial charge in [0, 0.05) is 29.2 Å². The van der Waals surface area contributed by atoms with E-state index in [1.807, 2.05) is 12.1 Å². The highest BCUT2D eigenvalue weighted by Crippen LogP contribution is 2.32. The number of nitrogens with one attached hydrogen (secondary N) is 1. The largest absolute Gasteiger partial charge is 0.378 e. The second-order valence-electron chi connectivity index (χ2n) is 4.79. The molecule has 1 N–H and O–H groups in total. The van der Waals surface area contributed by atoms with Gasteiger partial charge in [-0.1, -0.05) is 23.2 Å². The van der Waals surface area contributed by atoms with Gasteiger partial charge < -0.3 is 10.2 Å². The number of nitrogens with zero attached hydrogens (tertiary/aromatic N) is 2. The van der Waals surface area contributed by atoms with Gasteiger partial charge in [-0.15, -0.1) is 11.3 Å². The summed E-state index contributed by atoms with van der Waals surface area (Å²) < 4.78 is 0.577. The molecule has 20 heavy (non-hydrogen) atoms. The molecule has 1 fully saturated rings. The van der Waals surface area contributed by atoms with Crippen LogP contribution < -0.4 is 10.2 Å². The molecule has 1 aliphatic rings. The number of benzene rings is 1. The minimum atomic E-state index is 0.577. The lowest BCUT2D eigenvalue weighted by Gasteiger charge is -2.22. The highest BCUT2D eigenvalue weighted by atomic mass is 35.5. The summed E-state index contributed by atoms with van der Waals surface area (Å²) in [6.07, 6.45) is 4.32. The van der Waals surface area contributed by atoms with Crippen LogP contribution in [0.4, 0.5) is 11.4 Å². The van der Waals surface area contributed by atoms with Gasteiger partial charge in [0.1, 0.15) is 0 Å². The predicted molar refractivity (Wildman–Crippen MR) is 87.3 cm³/mol. The van der Waals surface area contributed by atoms with Crippen LogP contribution >= 0.6 is 34.5 Å². The normalized spacial score (nSPS) is 14.8. The first-order valence-electron chi connectivity index (χ1n) is 6.61. The summed E-state index contributed by atoms with van der Waals surface area (Å²) in [4.78, 5) is 7.57. The first kappa shape index (κ1) is 14.0. The van der Waals surface area contributed by atoms with Crippen LogP contribution in [0.25, 0.3) is 0 Å². The summed E-state index contributed by atoms with van der Waals surface area (Å²) in [7, 11) is 0. The second kappa shape index (κ2) is 6.20. The Hall–Kier alpha value is -0.970. The molecule has 0 radical (unpaired) electrons. The number of anilines is 2.